The third-order valence-electron chi connectivity index (χ3n) is 5.49. The molecule has 1 N–H and O–H groups in total. The van der Waals surface area contributed by atoms with Gasteiger partial charge in [-0.3, -0.25) is 0 Å². The smallest absolute Gasteiger partial charge is 0.154 e. The lowest BCUT2D eigenvalue weighted by Gasteiger charge is -2.36. The van der Waals surface area contributed by atoms with Crippen molar-refractivity contribution in [1.82, 2.24) is 15.1 Å². The quantitative estimate of drug-likeness (QED) is 0.898. The molecule has 1 saturated heterocycles. The van der Waals surface area contributed by atoms with Crippen LogP contribution in [0.2, 0.25) is 0 Å². The fourth-order valence-electron chi connectivity index (χ4n) is 4.23. The monoisotopic (exact) mass is 349 g/mol. The minimum atomic E-state index is 0.0829. The molecular weight excluding hydrogens is 326 g/mol. The van der Waals surface area contributed by atoms with Crippen molar-refractivity contribution in [3.05, 3.63) is 34.9 Å². The molecule has 1 aromatic carbocycles. The molecule has 0 saturated carbocycles. The topological polar surface area (TPSA) is 76.3 Å². The molecule has 1 fully saturated rings. The first-order chi connectivity index (χ1) is 12.6. The van der Waals surface area contributed by atoms with E-state index in [0.29, 0.717) is 22.9 Å². The number of fused-ring (bicyclic) bond motifs is 1. The second-order valence-corrected chi connectivity index (χ2v) is 7.38. The third-order valence-corrected chi connectivity index (χ3v) is 5.49. The van der Waals surface area contributed by atoms with Gasteiger partial charge in [0, 0.05) is 30.3 Å². The van der Waals surface area contributed by atoms with Crippen LogP contribution < -0.4 is 4.90 Å². The van der Waals surface area contributed by atoms with E-state index in [2.05, 4.69) is 33.1 Å². The van der Waals surface area contributed by atoms with E-state index in [1.807, 2.05) is 13.0 Å². The molecule has 0 bridgehead atoms. The van der Waals surface area contributed by atoms with Gasteiger partial charge in [0.25, 0.3) is 0 Å². The predicted molar refractivity (Wildman–Crippen MR) is 100 cm³/mol. The molecule has 4 rings (SSSR count). The summed E-state index contributed by atoms with van der Waals surface area (Å²) in [5.74, 6) is 1.07. The molecule has 2 aliphatic rings. The van der Waals surface area contributed by atoms with Gasteiger partial charge >= 0.3 is 0 Å². The van der Waals surface area contributed by atoms with E-state index in [1.165, 1.54) is 31.0 Å². The van der Waals surface area contributed by atoms with E-state index in [9.17, 15) is 5.11 Å². The van der Waals surface area contributed by atoms with Crippen molar-refractivity contribution in [1.29, 1.82) is 5.26 Å². The largest absolute Gasteiger partial charge is 0.507 e. The Kier molecular flexibility index (Phi) is 4.25. The van der Waals surface area contributed by atoms with Crippen LogP contribution in [0.5, 0.6) is 5.75 Å². The lowest BCUT2D eigenvalue weighted by atomic mass is 10.0. The lowest BCUT2D eigenvalue weighted by Crippen LogP contribution is -2.46. The van der Waals surface area contributed by atoms with Crippen LogP contribution in [0.4, 0.5) is 5.82 Å². The number of anilines is 1. The Hall–Kier alpha value is -2.65. The van der Waals surface area contributed by atoms with Crippen molar-refractivity contribution in [2.45, 2.75) is 32.2 Å². The molecule has 2 aliphatic heterocycles. The van der Waals surface area contributed by atoms with Crippen molar-refractivity contribution in [3.63, 3.8) is 0 Å². The summed E-state index contributed by atoms with van der Waals surface area (Å²) in [6.45, 7) is 5.09. The SMILES string of the molecule is Cc1cc(C#N)cc(O)c1-c1cc2c(nn1)N([C@@H]1CCCN(C)C1)CC2. The van der Waals surface area contributed by atoms with Crippen LogP contribution in [0.25, 0.3) is 11.3 Å². The van der Waals surface area contributed by atoms with Gasteiger partial charge in [-0.1, -0.05) is 0 Å². The Morgan fingerprint density at radius 3 is 2.81 bits per heavy atom. The minimum Gasteiger partial charge on any atom is -0.507 e. The van der Waals surface area contributed by atoms with Crippen molar-refractivity contribution in [2.75, 3.05) is 31.6 Å². The maximum absolute atomic E-state index is 10.4. The number of piperidine rings is 1. The van der Waals surface area contributed by atoms with Crippen LogP contribution in [0.1, 0.15) is 29.5 Å². The van der Waals surface area contributed by atoms with Gasteiger partial charge in [-0.25, -0.2) is 0 Å². The number of nitrogens with zero attached hydrogens (tertiary/aromatic N) is 5. The molecule has 0 aliphatic carbocycles. The molecule has 3 heterocycles. The molecule has 0 radical (unpaired) electrons. The zero-order valence-electron chi connectivity index (χ0n) is 15.2. The number of aryl methyl sites for hydroxylation is 1. The summed E-state index contributed by atoms with van der Waals surface area (Å²) >= 11 is 0. The molecule has 0 spiro atoms. The van der Waals surface area contributed by atoms with Crippen molar-refractivity contribution < 1.29 is 5.11 Å². The molecule has 0 amide bonds. The van der Waals surface area contributed by atoms with E-state index < -0.39 is 0 Å². The fourth-order valence-corrected chi connectivity index (χ4v) is 4.23. The van der Waals surface area contributed by atoms with Crippen molar-refractivity contribution in [3.8, 4) is 23.1 Å². The number of likely N-dealkylation sites (N-methyl/N-ethyl adjacent to an activating group) is 1. The highest BCUT2D eigenvalue weighted by Gasteiger charge is 2.31. The second kappa shape index (κ2) is 6.58. The van der Waals surface area contributed by atoms with Crippen LogP contribution in [0.15, 0.2) is 18.2 Å². The van der Waals surface area contributed by atoms with Gasteiger partial charge in [0.2, 0.25) is 0 Å². The molecule has 2 aromatic rings. The van der Waals surface area contributed by atoms with Gasteiger partial charge in [0.1, 0.15) is 5.75 Å². The van der Waals surface area contributed by atoms with E-state index in [0.717, 1.165) is 30.9 Å². The summed E-state index contributed by atoms with van der Waals surface area (Å²) in [7, 11) is 2.17. The maximum Gasteiger partial charge on any atom is 0.154 e. The van der Waals surface area contributed by atoms with Crippen LogP contribution in [0, 0.1) is 18.3 Å². The highest BCUT2D eigenvalue weighted by atomic mass is 16.3. The van der Waals surface area contributed by atoms with Gasteiger partial charge in [-0.2, -0.15) is 5.26 Å². The number of likely N-dealkylation sites (tertiary alicyclic amines) is 1. The van der Waals surface area contributed by atoms with E-state index in [1.54, 1.807) is 6.07 Å². The molecule has 6 nitrogen and oxygen atoms in total. The number of benzene rings is 1. The summed E-state index contributed by atoms with van der Waals surface area (Å²) in [5, 5.41) is 28.3. The molecule has 1 atom stereocenters. The highest BCUT2D eigenvalue weighted by Crippen LogP contribution is 2.36. The van der Waals surface area contributed by atoms with Gasteiger partial charge in [-0.15, -0.1) is 10.2 Å². The third kappa shape index (κ3) is 2.89. The summed E-state index contributed by atoms with van der Waals surface area (Å²) < 4.78 is 0. The highest BCUT2D eigenvalue weighted by molar-refractivity contribution is 5.73. The normalized spacial score (nSPS) is 20.0. The standard InChI is InChI=1S/C20H23N5O/c1-13-8-14(11-21)9-18(26)19(13)17-10-15-5-7-25(20(15)23-22-17)16-4-3-6-24(2)12-16/h8-10,16,26H,3-7,12H2,1-2H3/t16-/m1/s1. The average molecular weight is 349 g/mol. The number of aromatic hydroxyl groups is 1. The first-order valence-corrected chi connectivity index (χ1v) is 9.12. The van der Waals surface area contributed by atoms with Crippen LogP contribution in [-0.4, -0.2) is 52.9 Å². The van der Waals surface area contributed by atoms with E-state index >= 15 is 0 Å². The first-order valence-electron chi connectivity index (χ1n) is 9.12. The van der Waals surface area contributed by atoms with Gasteiger partial charge in [0.15, 0.2) is 5.82 Å². The number of phenols is 1. The predicted octanol–water partition coefficient (Wildman–Crippen LogP) is 2.49. The van der Waals surface area contributed by atoms with Crippen LogP contribution >= 0.6 is 0 Å². The van der Waals surface area contributed by atoms with E-state index in [-0.39, 0.29) is 5.75 Å². The Morgan fingerprint density at radius 2 is 2.08 bits per heavy atom. The molecule has 134 valence electrons. The number of hydrogen-bond acceptors (Lipinski definition) is 6. The number of phenolic OH excluding ortho intramolecular Hbond substituents is 1. The molecule has 26 heavy (non-hydrogen) atoms. The maximum atomic E-state index is 10.4. The van der Waals surface area contributed by atoms with Crippen molar-refractivity contribution in [2.24, 2.45) is 0 Å². The van der Waals surface area contributed by atoms with Crippen LogP contribution in [-0.2, 0) is 6.42 Å². The van der Waals surface area contributed by atoms with Crippen LogP contribution in [0.3, 0.4) is 0 Å². The first kappa shape index (κ1) is 16.8. The zero-order valence-corrected chi connectivity index (χ0v) is 15.2. The van der Waals surface area contributed by atoms with Crippen molar-refractivity contribution >= 4 is 5.82 Å². The summed E-state index contributed by atoms with van der Waals surface area (Å²) in [6.07, 6.45) is 3.37. The molecule has 0 unspecified atom stereocenters. The Morgan fingerprint density at radius 1 is 1.23 bits per heavy atom. The Balaban J connectivity index is 1.66. The number of aromatic nitrogens is 2. The Labute approximate surface area is 153 Å². The number of rotatable bonds is 2. The second-order valence-electron chi connectivity index (χ2n) is 7.38. The van der Waals surface area contributed by atoms with E-state index in [4.69, 9.17) is 5.26 Å². The van der Waals surface area contributed by atoms with Gasteiger partial charge in [0.05, 0.1) is 17.3 Å². The fraction of sp³-hybridized carbons (Fsp3) is 0.450. The van der Waals surface area contributed by atoms with Gasteiger partial charge < -0.3 is 14.9 Å². The lowest BCUT2D eigenvalue weighted by molar-refractivity contribution is 0.245. The molecular formula is C20H23N5O. The summed E-state index contributed by atoms with van der Waals surface area (Å²) in [6, 6.07) is 7.87. The van der Waals surface area contributed by atoms with Gasteiger partial charge in [-0.05, 0) is 63.5 Å². The summed E-state index contributed by atoms with van der Waals surface area (Å²) in [5.41, 5.74) is 3.80. The minimum absolute atomic E-state index is 0.0829. The molecule has 6 heteroatoms. The number of hydrogen-bond donors (Lipinski definition) is 1. The average Bonchev–Trinajstić information content (AvgIpc) is 3.04. The number of nitriles is 1. The zero-order chi connectivity index (χ0) is 18.3. The summed E-state index contributed by atoms with van der Waals surface area (Å²) in [4.78, 5) is 4.78. The Bertz CT molecular complexity index is 865. The molecule has 1 aromatic heterocycles.